The molecule has 0 aromatic carbocycles. The van der Waals surface area contributed by atoms with Crippen LogP contribution in [0.5, 0.6) is 0 Å². The zero-order chi connectivity index (χ0) is 12.1. The summed E-state index contributed by atoms with van der Waals surface area (Å²) in [6.45, 7) is 5.39. The van der Waals surface area contributed by atoms with E-state index in [9.17, 15) is 0 Å². The average molecular weight is 254 g/mol. The Labute approximate surface area is 108 Å². The molecule has 1 aliphatic carbocycles. The molecule has 4 heteroatoms. The molecule has 1 aliphatic rings. The molecule has 2 rings (SSSR count). The monoisotopic (exact) mass is 254 g/mol. The Kier molecular flexibility index (Phi) is 4.98. The van der Waals surface area contributed by atoms with E-state index in [1.807, 2.05) is 6.92 Å². The van der Waals surface area contributed by atoms with Crippen molar-refractivity contribution in [1.82, 2.24) is 4.90 Å². The Morgan fingerprint density at radius 1 is 1.59 bits per heavy atom. The molecule has 1 saturated carbocycles. The van der Waals surface area contributed by atoms with Crippen molar-refractivity contribution in [3.63, 3.8) is 0 Å². The van der Waals surface area contributed by atoms with Crippen LogP contribution in [0.4, 0.5) is 0 Å². The van der Waals surface area contributed by atoms with Crippen molar-refractivity contribution in [2.45, 2.75) is 38.5 Å². The molecule has 0 aliphatic heterocycles. The Bertz CT molecular complexity index is 311. The van der Waals surface area contributed by atoms with Crippen LogP contribution in [-0.2, 0) is 11.3 Å². The molecule has 1 atom stereocenters. The first-order valence-electron chi connectivity index (χ1n) is 6.40. The molecule has 0 saturated heterocycles. The largest absolute Gasteiger partial charge is 0.376 e. The minimum Gasteiger partial charge on any atom is -0.376 e. The number of ether oxygens (including phenoxy) is 1. The fraction of sp³-hybridized carbons (Fsp3) is 0.692. The summed E-state index contributed by atoms with van der Waals surface area (Å²) in [5.41, 5.74) is 7.16. The van der Waals surface area contributed by atoms with Crippen molar-refractivity contribution in [1.29, 1.82) is 0 Å². The summed E-state index contributed by atoms with van der Waals surface area (Å²) in [6, 6.07) is 2.96. The van der Waals surface area contributed by atoms with Crippen LogP contribution in [0.15, 0.2) is 16.8 Å². The average Bonchev–Trinajstić information content (AvgIpc) is 3.06. The number of nitrogens with two attached hydrogens (primary N) is 1. The van der Waals surface area contributed by atoms with E-state index in [1.165, 1.54) is 18.4 Å². The highest BCUT2D eigenvalue weighted by Gasteiger charge is 2.30. The molecule has 0 bridgehead atoms. The molecule has 0 radical (unpaired) electrons. The summed E-state index contributed by atoms with van der Waals surface area (Å²) in [7, 11) is 0. The van der Waals surface area contributed by atoms with Gasteiger partial charge in [0.2, 0.25) is 0 Å². The van der Waals surface area contributed by atoms with E-state index in [-0.39, 0.29) is 6.10 Å². The van der Waals surface area contributed by atoms with E-state index < -0.39 is 0 Å². The van der Waals surface area contributed by atoms with Gasteiger partial charge in [-0.25, -0.2) is 0 Å². The molecule has 0 spiro atoms. The maximum atomic E-state index is 5.75. The van der Waals surface area contributed by atoms with E-state index in [4.69, 9.17) is 10.5 Å². The highest BCUT2D eigenvalue weighted by atomic mass is 32.1. The van der Waals surface area contributed by atoms with Gasteiger partial charge in [0.15, 0.2) is 0 Å². The highest BCUT2D eigenvalue weighted by molar-refractivity contribution is 7.07. The SMILES string of the molecule is CCOC(CN)CN(Cc1ccsc1)C1CC1. The molecule has 1 aromatic rings. The molecule has 2 N–H and O–H groups in total. The lowest BCUT2D eigenvalue weighted by molar-refractivity contribution is 0.0349. The summed E-state index contributed by atoms with van der Waals surface area (Å²) in [5, 5.41) is 4.37. The van der Waals surface area contributed by atoms with Gasteiger partial charge in [0.25, 0.3) is 0 Å². The van der Waals surface area contributed by atoms with Gasteiger partial charge >= 0.3 is 0 Å². The van der Waals surface area contributed by atoms with Gasteiger partial charge in [-0.3, -0.25) is 4.90 Å². The minimum absolute atomic E-state index is 0.180. The zero-order valence-corrected chi connectivity index (χ0v) is 11.3. The quantitative estimate of drug-likeness (QED) is 0.772. The fourth-order valence-corrected chi connectivity index (χ4v) is 2.75. The molecule has 1 unspecified atom stereocenters. The molecule has 3 nitrogen and oxygen atoms in total. The number of thiophene rings is 1. The number of nitrogens with zero attached hydrogens (tertiary/aromatic N) is 1. The van der Waals surface area contributed by atoms with Crippen molar-refractivity contribution < 1.29 is 4.74 Å². The molecule has 0 amide bonds. The van der Waals surface area contributed by atoms with Crippen molar-refractivity contribution in [3.05, 3.63) is 22.4 Å². The van der Waals surface area contributed by atoms with Crippen molar-refractivity contribution in [2.75, 3.05) is 19.7 Å². The second-order valence-electron chi connectivity index (χ2n) is 4.61. The third-order valence-corrected chi connectivity index (χ3v) is 3.86. The first kappa shape index (κ1) is 13.0. The summed E-state index contributed by atoms with van der Waals surface area (Å²) in [6.07, 6.45) is 2.83. The first-order chi connectivity index (χ1) is 8.33. The Balaban J connectivity index is 1.88. The van der Waals surface area contributed by atoms with Crippen LogP contribution in [0.25, 0.3) is 0 Å². The second-order valence-corrected chi connectivity index (χ2v) is 5.39. The summed E-state index contributed by atoms with van der Waals surface area (Å²) in [5.74, 6) is 0. The van der Waals surface area contributed by atoms with Crippen molar-refractivity contribution in [2.24, 2.45) is 5.73 Å². The van der Waals surface area contributed by atoms with Crippen LogP contribution in [0.3, 0.4) is 0 Å². The van der Waals surface area contributed by atoms with Crippen LogP contribution in [-0.4, -0.2) is 36.7 Å². The topological polar surface area (TPSA) is 38.5 Å². The van der Waals surface area contributed by atoms with Crippen LogP contribution < -0.4 is 5.73 Å². The smallest absolute Gasteiger partial charge is 0.0823 e. The van der Waals surface area contributed by atoms with E-state index in [0.717, 1.165) is 25.7 Å². The summed E-state index contributed by atoms with van der Waals surface area (Å²) < 4.78 is 5.65. The molecule has 96 valence electrons. The van der Waals surface area contributed by atoms with Crippen molar-refractivity contribution >= 4 is 11.3 Å². The van der Waals surface area contributed by atoms with E-state index >= 15 is 0 Å². The van der Waals surface area contributed by atoms with Gasteiger partial charge in [-0.2, -0.15) is 11.3 Å². The van der Waals surface area contributed by atoms with Crippen LogP contribution >= 0.6 is 11.3 Å². The Morgan fingerprint density at radius 3 is 2.94 bits per heavy atom. The number of hydrogen-bond acceptors (Lipinski definition) is 4. The predicted octanol–water partition coefficient (Wildman–Crippen LogP) is 2.08. The van der Waals surface area contributed by atoms with Crippen molar-refractivity contribution in [3.8, 4) is 0 Å². The maximum Gasteiger partial charge on any atom is 0.0823 e. The van der Waals surface area contributed by atoms with E-state index in [2.05, 4.69) is 21.7 Å². The Morgan fingerprint density at radius 2 is 2.41 bits per heavy atom. The van der Waals surface area contributed by atoms with Crippen LogP contribution in [0.2, 0.25) is 0 Å². The Hall–Kier alpha value is -0.420. The van der Waals surface area contributed by atoms with Gasteiger partial charge in [0, 0.05) is 32.3 Å². The normalized spacial score (nSPS) is 17.6. The summed E-state index contributed by atoms with van der Waals surface area (Å²) in [4.78, 5) is 2.52. The number of rotatable bonds is 8. The molecule has 1 heterocycles. The second kappa shape index (κ2) is 6.50. The zero-order valence-electron chi connectivity index (χ0n) is 10.5. The standard InChI is InChI=1S/C13H22N2OS/c1-2-16-13(7-14)9-15(12-3-4-12)8-11-5-6-17-10-11/h5-6,10,12-13H,2-4,7-9,14H2,1H3. The highest BCUT2D eigenvalue weighted by Crippen LogP contribution is 2.28. The fourth-order valence-electron chi connectivity index (χ4n) is 2.09. The molecular weight excluding hydrogens is 232 g/mol. The van der Waals surface area contributed by atoms with Gasteiger partial charge in [-0.15, -0.1) is 0 Å². The van der Waals surface area contributed by atoms with Gasteiger partial charge in [0.1, 0.15) is 0 Å². The third-order valence-electron chi connectivity index (χ3n) is 3.13. The number of hydrogen-bond donors (Lipinski definition) is 1. The minimum atomic E-state index is 0.180. The molecule has 1 fully saturated rings. The van der Waals surface area contributed by atoms with E-state index in [1.54, 1.807) is 11.3 Å². The lowest BCUT2D eigenvalue weighted by Gasteiger charge is -2.26. The lowest BCUT2D eigenvalue weighted by Crippen LogP contribution is -2.39. The van der Waals surface area contributed by atoms with Gasteiger partial charge in [0.05, 0.1) is 6.10 Å². The predicted molar refractivity (Wildman–Crippen MR) is 72.2 cm³/mol. The molecule has 1 aromatic heterocycles. The summed E-state index contributed by atoms with van der Waals surface area (Å²) >= 11 is 1.77. The van der Waals surface area contributed by atoms with E-state index in [0.29, 0.717) is 6.54 Å². The molecular formula is C13H22N2OS. The van der Waals surface area contributed by atoms with Crippen LogP contribution in [0, 0.1) is 0 Å². The van der Waals surface area contributed by atoms with Crippen LogP contribution in [0.1, 0.15) is 25.3 Å². The first-order valence-corrected chi connectivity index (χ1v) is 7.34. The molecule has 17 heavy (non-hydrogen) atoms. The maximum absolute atomic E-state index is 5.75. The lowest BCUT2D eigenvalue weighted by atomic mass is 10.2. The van der Waals surface area contributed by atoms with Gasteiger partial charge < -0.3 is 10.5 Å². The van der Waals surface area contributed by atoms with Gasteiger partial charge in [-0.1, -0.05) is 0 Å². The van der Waals surface area contributed by atoms with Gasteiger partial charge in [-0.05, 0) is 42.2 Å². The third kappa shape index (κ3) is 4.07.